The van der Waals surface area contributed by atoms with E-state index in [0.29, 0.717) is 30.0 Å². The van der Waals surface area contributed by atoms with E-state index in [9.17, 15) is 9.18 Å². The highest BCUT2D eigenvalue weighted by molar-refractivity contribution is 5.98. The molecular formula is C23H21FN4O2. The maximum absolute atomic E-state index is 14.0. The normalized spacial score (nSPS) is 16.8. The summed E-state index contributed by atoms with van der Waals surface area (Å²) in [6.07, 6.45) is 4.35. The van der Waals surface area contributed by atoms with Crippen LogP contribution in [-0.4, -0.2) is 39.0 Å². The lowest BCUT2D eigenvalue weighted by Crippen LogP contribution is -2.40. The lowest BCUT2D eigenvalue weighted by Gasteiger charge is -2.32. The fraction of sp³-hybridized carbons (Fsp3) is 0.261. The zero-order valence-corrected chi connectivity index (χ0v) is 16.3. The second kappa shape index (κ2) is 7.74. The highest BCUT2D eigenvalue weighted by Crippen LogP contribution is 2.25. The first-order valence-corrected chi connectivity index (χ1v) is 10.1. The molecule has 7 heteroatoms. The third kappa shape index (κ3) is 3.58. The number of piperidine rings is 1. The Morgan fingerprint density at radius 2 is 2.13 bits per heavy atom. The number of halogens is 1. The quantitative estimate of drug-likeness (QED) is 0.545. The summed E-state index contributed by atoms with van der Waals surface area (Å²) in [6.45, 7) is 1.38. The Kier molecular flexibility index (Phi) is 4.78. The minimum Gasteiger partial charge on any atom is -0.361 e. The van der Waals surface area contributed by atoms with Crippen LogP contribution in [0.15, 0.2) is 59.3 Å². The summed E-state index contributed by atoms with van der Waals surface area (Å²) in [5.41, 5.74) is 2.04. The van der Waals surface area contributed by atoms with Gasteiger partial charge < -0.3 is 14.4 Å². The second-order valence-corrected chi connectivity index (χ2v) is 7.73. The van der Waals surface area contributed by atoms with Crippen LogP contribution in [0.25, 0.3) is 22.3 Å². The van der Waals surface area contributed by atoms with E-state index in [1.165, 1.54) is 6.07 Å². The van der Waals surface area contributed by atoms with Crippen molar-refractivity contribution in [3.05, 3.63) is 72.0 Å². The summed E-state index contributed by atoms with van der Waals surface area (Å²) in [5.74, 6) is 0.625. The Morgan fingerprint density at radius 3 is 3.03 bits per heavy atom. The Bertz CT molecular complexity index is 1200. The van der Waals surface area contributed by atoms with Crippen molar-refractivity contribution in [1.82, 2.24) is 20.0 Å². The Hall–Kier alpha value is -3.48. The molecule has 1 N–H and O–H groups in total. The highest BCUT2D eigenvalue weighted by Gasteiger charge is 2.26. The molecule has 1 aliphatic heterocycles. The molecule has 152 valence electrons. The zero-order chi connectivity index (χ0) is 20.5. The van der Waals surface area contributed by atoms with Gasteiger partial charge in [-0.2, -0.15) is 4.98 Å². The van der Waals surface area contributed by atoms with Gasteiger partial charge in [0.1, 0.15) is 5.82 Å². The van der Waals surface area contributed by atoms with Crippen LogP contribution < -0.4 is 0 Å². The summed E-state index contributed by atoms with van der Waals surface area (Å²) >= 11 is 0. The van der Waals surface area contributed by atoms with Gasteiger partial charge in [-0.1, -0.05) is 17.3 Å². The number of likely N-dealkylation sites (tertiary alicyclic amines) is 1. The fourth-order valence-corrected chi connectivity index (χ4v) is 4.12. The molecular weight excluding hydrogens is 383 g/mol. The number of aromatic nitrogens is 3. The van der Waals surface area contributed by atoms with Crippen LogP contribution in [0.3, 0.4) is 0 Å². The van der Waals surface area contributed by atoms with Gasteiger partial charge in [-0.3, -0.25) is 4.79 Å². The molecule has 0 bridgehead atoms. The van der Waals surface area contributed by atoms with Gasteiger partial charge in [-0.15, -0.1) is 0 Å². The molecule has 6 nitrogen and oxygen atoms in total. The molecule has 3 heterocycles. The molecule has 1 fully saturated rings. The minimum atomic E-state index is -0.376. The van der Waals surface area contributed by atoms with Gasteiger partial charge in [0.2, 0.25) is 11.7 Å². The number of hydrogen-bond acceptors (Lipinski definition) is 4. The van der Waals surface area contributed by atoms with Crippen LogP contribution in [0.5, 0.6) is 0 Å². The van der Waals surface area contributed by atoms with Gasteiger partial charge in [0, 0.05) is 42.2 Å². The number of rotatable bonds is 4. The molecule has 1 aliphatic rings. The summed E-state index contributed by atoms with van der Waals surface area (Å²) in [5, 5.41) is 4.96. The molecule has 30 heavy (non-hydrogen) atoms. The maximum atomic E-state index is 14.0. The summed E-state index contributed by atoms with van der Waals surface area (Å²) in [6, 6.07) is 14.1. The molecule has 0 unspecified atom stereocenters. The molecule has 0 saturated carbocycles. The number of nitrogens with zero attached hydrogens (tertiary/aromatic N) is 3. The van der Waals surface area contributed by atoms with Crippen molar-refractivity contribution < 1.29 is 13.7 Å². The number of carbonyl (C=O) groups is 1. The highest BCUT2D eigenvalue weighted by atomic mass is 19.1. The van der Waals surface area contributed by atoms with Crippen LogP contribution in [0, 0.1) is 11.7 Å². The van der Waals surface area contributed by atoms with Crippen LogP contribution in [-0.2, 0) is 6.42 Å². The summed E-state index contributed by atoms with van der Waals surface area (Å²) in [4.78, 5) is 22.4. The Balaban J connectivity index is 1.28. The number of hydrogen-bond donors (Lipinski definition) is 1. The van der Waals surface area contributed by atoms with Crippen molar-refractivity contribution in [1.29, 1.82) is 0 Å². The third-order valence-electron chi connectivity index (χ3n) is 5.65. The van der Waals surface area contributed by atoms with Crippen LogP contribution in [0.4, 0.5) is 4.39 Å². The van der Waals surface area contributed by atoms with E-state index in [1.807, 2.05) is 35.4 Å². The van der Waals surface area contributed by atoms with Gasteiger partial charge in [0.05, 0.1) is 5.56 Å². The third-order valence-corrected chi connectivity index (χ3v) is 5.65. The molecule has 0 aliphatic carbocycles. The van der Waals surface area contributed by atoms with E-state index >= 15 is 0 Å². The number of aromatic amines is 1. The maximum Gasteiger partial charge on any atom is 0.253 e. The monoisotopic (exact) mass is 404 g/mol. The second-order valence-electron chi connectivity index (χ2n) is 7.73. The van der Waals surface area contributed by atoms with Gasteiger partial charge in [-0.25, -0.2) is 4.39 Å². The lowest BCUT2D eigenvalue weighted by molar-refractivity contribution is 0.0668. The van der Waals surface area contributed by atoms with E-state index in [0.717, 1.165) is 30.3 Å². The molecule has 4 aromatic rings. The molecule has 2 aromatic heterocycles. The molecule has 2 aromatic carbocycles. The van der Waals surface area contributed by atoms with Gasteiger partial charge in [0.15, 0.2) is 0 Å². The summed E-state index contributed by atoms with van der Waals surface area (Å²) in [7, 11) is 0. The van der Waals surface area contributed by atoms with Crippen LogP contribution in [0.1, 0.15) is 29.1 Å². The minimum absolute atomic E-state index is 0.0420. The molecule has 0 radical (unpaired) electrons. The standard InChI is InChI=1S/C23H21FN4O2/c24-19-6-2-1-5-18(19)22-26-21(30-27-22)12-15-4-3-11-28(14-15)23(29)17-7-8-20-16(13-17)9-10-25-20/h1-2,5-10,13,15,25H,3-4,11-12,14H2/t15-/m0/s1. The molecule has 1 saturated heterocycles. The summed E-state index contributed by atoms with van der Waals surface area (Å²) < 4.78 is 19.3. The first-order chi connectivity index (χ1) is 14.7. The van der Waals surface area contributed by atoms with Gasteiger partial charge in [-0.05, 0) is 55.2 Å². The predicted octanol–water partition coefficient (Wildman–Crippen LogP) is 4.45. The average molecular weight is 404 g/mol. The number of carbonyl (C=O) groups excluding carboxylic acids is 1. The molecule has 5 rings (SSSR count). The Morgan fingerprint density at radius 1 is 1.23 bits per heavy atom. The van der Waals surface area contributed by atoms with Crippen molar-refractivity contribution in [2.75, 3.05) is 13.1 Å². The largest absolute Gasteiger partial charge is 0.361 e. The van der Waals surface area contributed by atoms with Crippen molar-refractivity contribution in [3.63, 3.8) is 0 Å². The lowest BCUT2D eigenvalue weighted by atomic mass is 9.94. The zero-order valence-electron chi connectivity index (χ0n) is 16.3. The van der Waals surface area contributed by atoms with Gasteiger partial charge >= 0.3 is 0 Å². The van der Waals surface area contributed by atoms with Crippen molar-refractivity contribution in [3.8, 4) is 11.4 Å². The van der Waals surface area contributed by atoms with E-state index in [1.54, 1.807) is 18.2 Å². The average Bonchev–Trinajstić information content (AvgIpc) is 3.42. The number of benzene rings is 2. The topological polar surface area (TPSA) is 75.0 Å². The van der Waals surface area contributed by atoms with E-state index in [4.69, 9.17) is 4.52 Å². The van der Waals surface area contributed by atoms with Crippen LogP contribution >= 0.6 is 0 Å². The molecule has 1 atom stereocenters. The van der Waals surface area contributed by atoms with E-state index in [-0.39, 0.29) is 23.5 Å². The number of H-pyrrole nitrogens is 1. The van der Waals surface area contributed by atoms with Crippen molar-refractivity contribution >= 4 is 16.8 Å². The first kappa shape index (κ1) is 18.5. The van der Waals surface area contributed by atoms with Gasteiger partial charge in [0.25, 0.3) is 5.91 Å². The first-order valence-electron chi connectivity index (χ1n) is 10.1. The smallest absolute Gasteiger partial charge is 0.253 e. The predicted molar refractivity (Wildman–Crippen MR) is 110 cm³/mol. The number of nitrogens with one attached hydrogen (secondary N) is 1. The fourth-order valence-electron chi connectivity index (χ4n) is 4.12. The molecule has 0 spiro atoms. The van der Waals surface area contributed by atoms with Crippen molar-refractivity contribution in [2.24, 2.45) is 5.92 Å². The number of fused-ring (bicyclic) bond motifs is 1. The Labute approximate surface area is 172 Å². The number of amides is 1. The molecule has 1 amide bonds. The van der Waals surface area contributed by atoms with Crippen molar-refractivity contribution in [2.45, 2.75) is 19.3 Å². The van der Waals surface area contributed by atoms with E-state index < -0.39 is 0 Å². The SMILES string of the molecule is O=C(c1ccc2[nH]ccc2c1)N1CCC[C@@H](Cc2nc(-c3ccccc3F)no2)C1. The van der Waals surface area contributed by atoms with E-state index in [2.05, 4.69) is 15.1 Å². The van der Waals surface area contributed by atoms with Crippen LogP contribution in [0.2, 0.25) is 0 Å².